The summed E-state index contributed by atoms with van der Waals surface area (Å²) in [4.78, 5) is 7.91. The molecule has 2 fully saturated rings. The van der Waals surface area contributed by atoms with Gasteiger partial charge in [-0.15, -0.1) is 0 Å². The topological polar surface area (TPSA) is 78.4 Å². The van der Waals surface area contributed by atoms with Crippen LogP contribution in [0.3, 0.4) is 0 Å². The SMILES string of the molecule is O=S(=O)(CC1CCCO[C@@H]1COc1ccc(-c2ncc(F)cn2)cc1)C1CC1. The molecular formula is C20H23FN2O4S. The molecule has 2 atom stereocenters. The van der Waals surface area contributed by atoms with Crippen LogP contribution in [-0.4, -0.2) is 48.7 Å². The minimum Gasteiger partial charge on any atom is -0.491 e. The van der Waals surface area contributed by atoms with Crippen LogP contribution in [0.4, 0.5) is 4.39 Å². The van der Waals surface area contributed by atoms with Crippen molar-refractivity contribution in [3.05, 3.63) is 42.5 Å². The summed E-state index contributed by atoms with van der Waals surface area (Å²) < 4.78 is 49.3. The highest BCUT2D eigenvalue weighted by molar-refractivity contribution is 7.92. The fraction of sp³-hybridized carbons (Fsp3) is 0.500. The van der Waals surface area contributed by atoms with E-state index in [1.807, 2.05) is 0 Å². The van der Waals surface area contributed by atoms with E-state index in [2.05, 4.69) is 9.97 Å². The number of ether oxygens (including phenoxy) is 2. The van der Waals surface area contributed by atoms with Gasteiger partial charge in [0.1, 0.15) is 12.4 Å². The Bertz CT molecular complexity index is 899. The maximum Gasteiger partial charge on any atom is 0.159 e. The molecule has 1 aliphatic carbocycles. The molecule has 2 heterocycles. The van der Waals surface area contributed by atoms with Gasteiger partial charge in [-0.05, 0) is 49.9 Å². The largest absolute Gasteiger partial charge is 0.491 e. The molecule has 1 unspecified atom stereocenters. The van der Waals surface area contributed by atoms with Gasteiger partial charge in [0.25, 0.3) is 0 Å². The molecule has 1 aromatic heterocycles. The molecule has 6 nitrogen and oxygen atoms in total. The van der Waals surface area contributed by atoms with E-state index >= 15 is 0 Å². The molecule has 1 aromatic carbocycles. The fourth-order valence-corrected chi connectivity index (χ4v) is 5.58. The third-order valence-corrected chi connectivity index (χ3v) is 7.58. The van der Waals surface area contributed by atoms with Crippen LogP contribution in [0, 0.1) is 11.7 Å². The highest BCUT2D eigenvalue weighted by atomic mass is 32.2. The lowest BCUT2D eigenvalue weighted by Crippen LogP contribution is -2.39. The lowest BCUT2D eigenvalue weighted by atomic mass is 9.97. The van der Waals surface area contributed by atoms with Crippen molar-refractivity contribution in [2.24, 2.45) is 5.92 Å². The molecule has 0 amide bonds. The van der Waals surface area contributed by atoms with Crippen LogP contribution >= 0.6 is 0 Å². The summed E-state index contributed by atoms with van der Waals surface area (Å²) >= 11 is 0. The van der Waals surface area contributed by atoms with Crippen molar-refractivity contribution in [3.8, 4) is 17.1 Å². The summed E-state index contributed by atoms with van der Waals surface area (Å²) in [5, 5.41) is -0.141. The Hall–Kier alpha value is -2.06. The van der Waals surface area contributed by atoms with Gasteiger partial charge in [0, 0.05) is 18.1 Å². The van der Waals surface area contributed by atoms with Gasteiger partial charge < -0.3 is 9.47 Å². The molecule has 0 bridgehead atoms. The van der Waals surface area contributed by atoms with Crippen molar-refractivity contribution < 1.29 is 22.3 Å². The molecule has 0 N–H and O–H groups in total. The molecule has 2 aliphatic rings. The van der Waals surface area contributed by atoms with Gasteiger partial charge in [-0.3, -0.25) is 0 Å². The molecule has 4 rings (SSSR count). The van der Waals surface area contributed by atoms with Crippen LogP contribution in [0.25, 0.3) is 11.4 Å². The van der Waals surface area contributed by atoms with E-state index in [1.165, 1.54) is 0 Å². The van der Waals surface area contributed by atoms with E-state index in [-0.39, 0.29) is 23.0 Å². The number of rotatable bonds is 7. The summed E-state index contributed by atoms with van der Waals surface area (Å²) in [6.45, 7) is 0.950. The highest BCUT2D eigenvalue weighted by Gasteiger charge is 2.39. The van der Waals surface area contributed by atoms with E-state index in [4.69, 9.17) is 9.47 Å². The molecule has 1 saturated heterocycles. The first-order valence-corrected chi connectivity index (χ1v) is 11.3. The van der Waals surface area contributed by atoms with E-state index in [1.54, 1.807) is 24.3 Å². The summed E-state index contributed by atoms with van der Waals surface area (Å²) in [7, 11) is -3.02. The molecule has 0 radical (unpaired) electrons. The van der Waals surface area contributed by atoms with Gasteiger partial charge in [-0.25, -0.2) is 22.8 Å². The zero-order valence-corrected chi connectivity index (χ0v) is 16.3. The highest BCUT2D eigenvalue weighted by Crippen LogP contribution is 2.33. The first kappa shape index (κ1) is 19.3. The van der Waals surface area contributed by atoms with E-state index in [0.717, 1.165) is 43.6 Å². The first-order valence-electron chi connectivity index (χ1n) is 9.55. The van der Waals surface area contributed by atoms with Crippen molar-refractivity contribution in [2.45, 2.75) is 37.0 Å². The Labute approximate surface area is 164 Å². The molecule has 8 heteroatoms. The fourth-order valence-electron chi connectivity index (χ4n) is 3.48. The van der Waals surface area contributed by atoms with E-state index in [9.17, 15) is 12.8 Å². The lowest BCUT2D eigenvalue weighted by molar-refractivity contribution is -0.0428. The number of hydrogen-bond acceptors (Lipinski definition) is 6. The molecule has 1 saturated carbocycles. The predicted molar refractivity (Wildman–Crippen MR) is 102 cm³/mol. The molecule has 2 aromatic rings. The summed E-state index contributed by atoms with van der Waals surface area (Å²) in [6.07, 6.45) is 5.35. The Morgan fingerprint density at radius 1 is 1.11 bits per heavy atom. The minimum atomic E-state index is -3.02. The quantitative estimate of drug-likeness (QED) is 0.703. The number of aromatic nitrogens is 2. The van der Waals surface area contributed by atoms with Crippen LogP contribution in [-0.2, 0) is 14.6 Å². The zero-order valence-electron chi connectivity index (χ0n) is 15.5. The molecule has 0 spiro atoms. The summed E-state index contributed by atoms with van der Waals surface area (Å²) in [5.41, 5.74) is 0.759. The average molecular weight is 406 g/mol. The van der Waals surface area contributed by atoms with Gasteiger partial charge in [-0.2, -0.15) is 0 Å². The number of nitrogens with zero attached hydrogens (tertiary/aromatic N) is 2. The van der Waals surface area contributed by atoms with Gasteiger partial charge in [-0.1, -0.05) is 0 Å². The van der Waals surface area contributed by atoms with Gasteiger partial charge in [0.15, 0.2) is 21.5 Å². The van der Waals surface area contributed by atoms with E-state index in [0.29, 0.717) is 24.8 Å². The average Bonchev–Trinajstić information content (AvgIpc) is 3.54. The molecule has 150 valence electrons. The Morgan fingerprint density at radius 2 is 1.82 bits per heavy atom. The predicted octanol–water partition coefficient (Wildman–Crippen LogP) is 3.03. The summed E-state index contributed by atoms with van der Waals surface area (Å²) in [5.74, 6) is 0.783. The van der Waals surface area contributed by atoms with E-state index < -0.39 is 15.7 Å². The van der Waals surface area contributed by atoms with Crippen molar-refractivity contribution in [1.29, 1.82) is 0 Å². The number of hydrogen-bond donors (Lipinski definition) is 0. The lowest BCUT2D eigenvalue weighted by Gasteiger charge is -2.31. The number of benzene rings is 1. The second-order valence-electron chi connectivity index (χ2n) is 7.40. The minimum absolute atomic E-state index is 0.0220. The molecular weight excluding hydrogens is 383 g/mol. The Kier molecular flexibility index (Phi) is 5.59. The van der Waals surface area contributed by atoms with Crippen LogP contribution in [0.15, 0.2) is 36.7 Å². The van der Waals surface area contributed by atoms with Crippen LogP contribution in [0.1, 0.15) is 25.7 Å². The smallest absolute Gasteiger partial charge is 0.159 e. The van der Waals surface area contributed by atoms with Crippen molar-refractivity contribution in [3.63, 3.8) is 0 Å². The maximum atomic E-state index is 12.9. The second-order valence-corrected chi connectivity index (χ2v) is 9.73. The maximum absolute atomic E-state index is 12.9. The second kappa shape index (κ2) is 8.13. The standard InChI is InChI=1S/C20H23FN2O4S/c21-16-10-22-20(23-11-16)14-3-5-17(6-4-14)27-12-19-15(2-1-9-26-19)13-28(24,25)18-7-8-18/h3-6,10-11,15,18-19H,1-2,7-9,12-13H2/t15?,19-/m1/s1. The number of sulfone groups is 1. The molecule has 1 aliphatic heterocycles. The zero-order chi connectivity index (χ0) is 19.6. The van der Waals surface area contributed by atoms with Crippen LogP contribution in [0.2, 0.25) is 0 Å². The third kappa shape index (κ3) is 4.67. The Balaban J connectivity index is 1.36. The van der Waals surface area contributed by atoms with Gasteiger partial charge in [0.2, 0.25) is 0 Å². The monoisotopic (exact) mass is 406 g/mol. The van der Waals surface area contributed by atoms with Gasteiger partial charge in [0.05, 0.1) is 29.5 Å². The normalized spacial score (nSPS) is 22.8. The van der Waals surface area contributed by atoms with Crippen molar-refractivity contribution >= 4 is 9.84 Å². The Morgan fingerprint density at radius 3 is 2.50 bits per heavy atom. The van der Waals surface area contributed by atoms with Crippen LogP contribution in [0.5, 0.6) is 5.75 Å². The third-order valence-electron chi connectivity index (χ3n) is 5.20. The van der Waals surface area contributed by atoms with Crippen molar-refractivity contribution in [2.75, 3.05) is 19.0 Å². The van der Waals surface area contributed by atoms with Crippen molar-refractivity contribution in [1.82, 2.24) is 9.97 Å². The summed E-state index contributed by atoms with van der Waals surface area (Å²) in [6, 6.07) is 7.19. The van der Waals surface area contributed by atoms with Crippen LogP contribution < -0.4 is 4.74 Å². The molecule has 28 heavy (non-hydrogen) atoms. The first-order chi connectivity index (χ1) is 13.5. The van der Waals surface area contributed by atoms with Gasteiger partial charge >= 0.3 is 0 Å². The number of halogens is 1.